The van der Waals surface area contributed by atoms with E-state index in [0.717, 1.165) is 17.3 Å². The summed E-state index contributed by atoms with van der Waals surface area (Å²) in [6.07, 6.45) is 7.13. The Kier molecular flexibility index (Phi) is 10.9. The first-order valence-corrected chi connectivity index (χ1v) is 6.92. The van der Waals surface area contributed by atoms with Crippen LogP contribution in [0.25, 0.3) is 0 Å². The number of nitrogens with zero attached hydrogens (tertiary/aromatic N) is 3. The van der Waals surface area contributed by atoms with E-state index < -0.39 is 0 Å². The lowest BCUT2D eigenvalue weighted by molar-refractivity contribution is -0.105. The van der Waals surface area contributed by atoms with Gasteiger partial charge in [-0.2, -0.15) is 0 Å². The first kappa shape index (κ1) is 19.5. The summed E-state index contributed by atoms with van der Waals surface area (Å²) < 4.78 is 4.80. The van der Waals surface area contributed by atoms with Gasteiger partial charge in [-0.05, 0) is 25.0 Å². The fourth-order valence-electron chi connectivity index (χ4n) is 1.00. The number of methoxy groups -OCH3 is 1. The number of hydrogen-bond acceptors (Lipinski definition) is 5. The van der Waals surface area contributed by atoms with Crippen molar-refractivity contribution in [3.63, 3.8) is 0 Å². The summed E-state index contributed by atoms with van der Waals surface area (Å²) in [4.78, 5) is 21.5. The highest BCUT2D eigenvalue weighted by molar-refractivity contribution is 5.70. The largest absolute Gasteiger partial charge is 0.480 e. The highest BCUT2D eigenvalue weighted by Crippen LogP contribution is 2.00. The minimum absolute atomic E-state index is 0.556. The molecule has 2 aromatic rings. The second-order valence-corrected chi connectivity index (χ2v) is 4.93. The maximum absolute atomic E-state index is 9.84. The molecule has 0 spiro atoms. The predicted octanol–water partition coefficient (Wildman–Crippen LogP) is 3.11. The lowest BCUT2D eigenvalue weighted by atomic mass is 10.3. The SMILES string of the molecule is CC(C)C.COc1cnc(C)cn1.O=CNc1ccncc1. The number of ether oxygens (including phenoxy) is 1. The number of pyridine rings is 1. The van der Waals surface area contributed by atoms with Crippen LogP contribution >= 0.6 is 0 Å². The fourth-order valence-corrected chi connectivity index (χ4v) is 1.00. The van der Waals surface area contributed by atoms with Crippen LogP contribution in [0.15, 0.2) is 36.9 Å². The lowest BCUT2D eigenvalue weighted by Gasteiger charge is -1.94. The Labute approximate surface area is 132 Å². The number of carbonyl (C=O) groups excluding carboxylic acids is 1. The van der Waals surface area contributed by atoms with E-state index in [1.54, 1.807) is 44.0 Å². The Morgan fingerprint density at radius 2 is 1.73 bits per heavy atom. The first-order valence-electron chi connectivity index (χ1n) is 6.92. The maximum atomic E-state index is 9.84. The molecule has 0 saturated carbocycles. The van der Waals surface area contributed by atoms with E-state index in [0.29, 0.717) is 12.3 Å². The molecular weight excluding hydrogens is 280 g/mol. The molecular formula is C16H24N4O2. The van der Waals surface area contributed by atoms with E-state index >= 15 is 0 Å². The molecule has 0 saturated heterocycles. The van der Waals surface area contributed by atoms with E-state index in [9.17, 15) is 4.79 Å². The molecule has 2 rings (SSSR count). The van der Waals surface area contributed by atoms with Gasteiger partial charge in [-0.15, -0.1) is 0 Å². The van der Waals surface area contributed by atoms with Gasteiger partial charge in [0.2, 0.25) is 12.3 Å². The summed E-state index contributed by atoms with van der Waals surface area (Å²) in [5.41, 5.74) is 1.66. The third-order valence-electron chi connectivity index (χ3n) is 1.87. The molecule has 1 N–H and O–H groups in total. The molecule has 0 aliphatic heterocycles. The Bertz CT molecular complexity index is 499. The predicted molar refractivity (Wildman–Crippen MR) is 87.8 cm³/mol. The molecule has 0 aliphatic rings. The highest BCUT2D eigenvalue weighted by atomic mass is 16.5. The van der Waals surface area contributed by atoms with Crippen LogP contribution in [0.5, 0.6) is 5.88 Å². The summed E-state index contributed by atoms with van der Waals surface area (Å²) in [6.45, 7) is 8.38. The van der Waals surface area contributed by atoms with Gasteiger partial charge in [0.05, 0.1) is 25.2 Å². The van der Waals surface area contributed by atoms with Crippen molar-refractivity contribution in [2.75, 3.05) is 12.4 Å². The normalized spacial score (nSPS) is 8.82. The van der Waals surface area contributed by atoms with Crippen molar-refractivity contribution >= 4 is 12.1 Å². The molecule has 6 heteroatoms. The van der Waals surface area contributed by atoms with E-state index in [2.05, 4.69) is 41.0 Å². The average molecular weight is 304 g/mol. The van der Waals surface area contributed by atoms with Crippen molar-refractivity contribution in [2.24, 2.45) is 5.92 Å². The Hall–Kier alpha value is -2.50. The summed E-state index contributed by atoms with van der Waals surface area (Å²) in [7, 11) is 1.57. The third-order valence-corrected chi connectivity index (χ3v) is 1.87. The zero-order valence-electron chi connectivity index (χ0n) is 13.8. The summed E-state index contributed by atoms with van der Waals surface area (Å²) in [6, 6.07) is 3.43. The van der Waals surface area contributed by atoms with Crippen molar-refractivity contribution < 1.29 is 9.53 Å². The van der Waals surface area contributed by atoms with Crippen molar-refractivity contribution in [3.8, 4) is 5.88 Å². The Morgan fingerprint density at radius 1 is 1.14 bits per heavy atom. The number of aromatic nitrogens is 3. The molecule has 22 heavy (non-hydrogen) atoms. The highest BCUT2D eigenvalue weighted by Gasteiger charge is 1.88. The summed E-state index contributed by atoms with van der Waals surface area (Å²) in [5.74, 6) is 1.39. The van der Waals surface area contributed by atoms with E-state index in [4.69, 9.17) is 4.74 Å². The number of hydrogen-bond donors (Lipinski definition) is 1. The van der Waals surface area contributed by atoms with Gasteiger partial charge in [0.1, 0.15) is 0 Å². The van der Waals surface area contributed by atoms with E-state index in [-0.39, 0.29) is 0 Å². The second-order valence-electron chi connectivity index (χ2n) is 4.93. The zero-order chi connectivity index (χ0) is 16.8. The van der Waals surface area contributed by atoms with Crippen LogP contribution in [0.4, 0.5) is 5.69 Å². The number of rotatable bonds is 3. The molecule has 0 aromatic carbocycles. The van der Waals surface area contributed by atoms with Crippen LogP contribution < -0.4 is 10.1 Å². The standard InChI is InChI=1S/C6H8N2O.C6H6N2O.C4H10/c1-5-3-8-6(9-2)4-7-5;9-5-8-6-1-3-7-4-2-6;1-4(2)3/h3-4H,1-2H3;1-5H,(H,7,8,9);4H,1-3H3. The zero-order valence-corrected chi connectivity index (χ0v) is 13.8. The molecule has 0 radical (unpaired) electrons. The van der Waals surface area contributed by atoms with Crippen LogP contribution in [0.3, 0.4) is 0 Å². The second kappa shape index (κ2) is 12.3. The topological polar surface area (TPSA) is 77.0 Å². The van der Waals surface area contributed by atoms with Gasteiger partial charge in [0.15, 0.2) is 0 Å². The number of anilines is 1. The minimum atomic E-state index is 0.556. The smallest absolute Gasteiger partial charge is 0.231 e. The summed E-state index contributed by atoms with van der Waals surface area (Å²) >= 11 is 0. The Morgan fingerprint density at radius 3 is 2.14 bits per heavy atom. The van der Waals surface area contributed by atoms with Gasteiger partial charge in [0, 0.05) is 18.1 Å². The molecule has 0 unspecified atom stereocenters. The van der Waals surface area contributed by atoms with Gasteiger partial charge in [-0.1, -0.05) is 20.8 Å². The molecule has 6 nitrogen and oxygen atoms in total. The number of aryl methyl sites for hydroxylation is 1. The number of carbonyl (C=O) groups is 1. The van der Waals surface area contributed by atoms with Crippen LogP contribution in [-0.2, 0) is 4.79 Å². The summed E-state index contributed by atoms with van der Waals surface area (Å²) in [5, 5.41) is 2.49. The first-order chi connectivity index (χ1) is 10.5. The number of amides is 1. The third kappa shape index (κ3) is 11.3. The molecule has 0 bridgehead atoms. The molecule has 120 valence electrons. The molecule has 1 amide bonds. The van der Waals surface area contributed by atoms with Gasteiger partial charge in [-0.3, -0.25) is 14.8 Å². The minimum Gasteiger partial charge on any atom is -0.480 e. The van der Waals surface area contributed by atoms with Crippen LogP contribution in [0.1, 0.15) is 26.5 Å². The quantitative estimate of drug-likeness (QED) is 0.882. The van der Waals surface area contributed by atoms with Gasteiger partial charge >= 0.3 is 0 Å². The monoisotopic (exact) mass is 304 g/mol. The van der Waals surface area contributed by atoms with Crippen LogP contribution in [0, 0.1) is 12.8 Å². The van der Waals surface area contributed by atoms with Crippen LogP contribution in [-0.4, -0.2) is 28.5 Å². The van der Waals surface area contributed by atoms with Gasteiger partial charge in [0.25, 0.3) is 0 Å². The molecule has 2 heterocycles. The number of nitrogens with one attached hydrogen (secondary N) is 1. The molecule has 2 aromatic heterocycles. The van der Waals surface area contributed by atoms with E-state index in [1.807, 2.05) is 6.92 Å². The van der Waals surface area contributed by atoms with Crippen molar-refractivity contribution in [3.05, 3.63) is 42.6 Å². The average Bonchev–Trinajstić information content (AvgIpc) is 2.50. The fraction of sp³-hybridized carbons (Fsp3) is 0.375. The lowest BCUT2D eigenvalue weighted by Crippen LogP contribution is -1.92. The Balaban J connectivity index is 0.000000326. The van der Waals surface area contributed by atoms with Crippen molar-refractivity contribution in [1.29, 1.82) is 0 Å². The van der Waals surface area contributed by atoms with Gasteiger partial charge in [-0.25, -0.2) is 4.98 Å². The maximum Gasteiger partial charge on any atom is 0.231 e. The molecule has 0 atom stereocenters. The van der Waals surface area contributed by atoms with E-state index in [1.165, 1.54) is 0 Å². The van der Waals surface area contributed by atoms with Crippen molar-refractivity contribution in [2.45, 2.75) is 27.7 Å². The van der Waals surface area contributed by atoms with Crippen molar-refractivity contribution in [1.82, 2.24) is 15.0 Å². The molecule has 0 fully saturated rings. The molecule has 0 aliphatic carbocycles. The van der Waals surface area contributed by atoms with Crippen LogP contribution in [0.2, 0.25) is 0 Å². The van der Waals surface area contributed by atoms with Gasteiger partial charge < -0.3 is 10.1 Å².